The standard InChI is InChI=1S/C21H23F3N6O3/c1-11-8-30-17(10-28(11)21(33)26-13-5-14(22)19(24)15(23)6-13)16(7-25-30)29-9-12(4-18(29)31)20(32)27(2)3/h5-7,11-12H,4,8-10H2,1-3H3,(H,26,33)/t11-,12?/m0/s1. The molecular formula is C21H23F3N6O3. The van der Waals surface area contributed by atoms with E-state index in [0.29, 0.717) is 30.1 Å². The van der Waals surface area contributed by atoms with Gasteiger partial charge in [0.05, 0.1) is 42.6 Å². The van der Waals surface area contributed by atoms with Crippen LogP contribution in [0.1, 0.15) is 19.0 Å². The fourth-order valence-electron chi connectivity index (χ4n) is 4.18. The summed E-state index contributed by atoms with van der Waals surface area (Å²) in [5.74, 6) is -5.25. The second-order valence-electron chi connectivity index (χ2n) is 8.46. The maximum absolute atomic E-state index is 13.5. The molecule has 3 heterocycles. The van der Waals surface area contributed by atoms with Crippen LogP contribution in [-0.2, 0) is 22.7 Å². The number of carbonyl (C=O) groups excluding carboxylic acids is 3. The van der Waals surface area contributed by atoms with Gasteiger partial charge in [0, 0.05) is 44.9 Å². The van der Waals surface area contributed by atoms with Gasteiger partial charge in [-0.05, 0) is 6.92 Å². The summed E-state index contributed by atoms with van der Waals surface area (Å²) in [6.45, 7) is 2.40. The van der Waals surface area contributed by atoms with Crippen LogP contribution in [0.4, 0.5) is 29.3 Å². The number of nitrogens with zero attached hydrogens (tertiary/aromatic N) is 5. The van der Waals surface area contributed by atoms with Crippen LogP contribution in [0.25, 0.3) is 0 Å². The van der Waals surface area contributed by atoms with Crippen molar-refractivity contribution in [2.75, 3.05) is 30.9 Å². The Balaban J connectivity index is 1.54. The number of halogens is 3. The predicted octanol–water partition coefficient (Wildman–Crippen LogP) is 2.18. The van der Waals surface area contributed by atoms with E-state index < -0.39 is 29.4 Å². The number of hydrogen-bond donors (Lipinski definition) is 1. The molecule has 0 aliphatic carbocycles. The third-order valence-corrected chi connectivity index (χ3v) is 5.92. The lowest BCUT2D eigenvalue weighted by Gasteiger charge is -2.35. The van der Waals surface area contributed by atoms with Gasteiger partial charge < -0.3 is 20.0 Å². The van der Waals surface area contributed by atoms with E-state index in [1.165, 1.54) is 20.9 Å². The number of hydrogen-bond acceptors (Lipinski definition) is 4. The minimum Gasteiger partial charge on any atom is -0.349 e. The Bertz CT molecular complexity index is 1110. The Labute approximate surface area is 187 Å². The first-order valence-electron chi connectivity index (χ1n) is 10.3. The minimum atomic E-state index is -1.62. The van der Waals surface area contributed by atoms with Gasteiger partial charge in [-0.1, -0.05) is 0 Å². The van der Waals surface area contributed by atoms with Crippen molar-refractivity contribution in [2.24, 2.45) is 5.92 Å². The highest BCUT2D eigenvalue weighted by atomic mass is 19.2. The average molecular weight is 464 g/mol. The Kier molecular flexibility index (Phi) is 5.76. The second kappa shape index (κ2) is 8.41. The zero-order valence-corrected chi connectivity index (χ0v) is 18.3. The normalized spacial score (nSPS) is 20.1. The van der Waals surface area contributed by atoms with Gasteiger partial charge in [-0.2, -0.15) is 5.10 Å². The quantitative estimate of drug-likeness (QED) is 0.705. The third-order valence-electron chi connectivity index (χ3n) is 5.92. The van der Waals surface area contributed by atoms with E-state index in [-0.39, 0.29) is 43.1 Å². The van der Waals surface area contributed by atoms with E-state index in [4.69, 9.17) is 0 Å². The molecule has 9 nitrogen and oxygen atoms in total. The summed E-state index contributed by atoms with van der Waals surface area (Å²) in [4.78, 5) is 42.2. The molecule has 4 amide bonds. The van der Waals surface area contributed by atoms with E-state index in [0.717, 1.165) is 0 Å². The van der Waals surface area contributed by atoms with Crippen molar-refractivity contribution in [2.45, 2.75) is 32.5 Å². The first-order chi connectivity index (χ1) is 15.6. The number of anilines is 2. The second-order valence-corrected chi connectivity index (χ2v) is 8.46. The summed E-state index contributed by atoms with van der Waals surface area (Å²) in [5, 5.41) is 6.72. The summed E-state index contributed by atoms with van der Waals surface area (Å²) in [6.07, 6.45) is 1.62. The van der Waals surface area contributed by atoms with Crippen LogP contribution in [0.15, 0.2) is 18.3 Å². The van der Waals surface area contributed by atoms with Gasteiger partial charge in [-0.15, -0.1) is 0 Å². The molecule has 1 aromatic carbocycles. The molecule has 2 aliphatic heterocycles. The number of aromatic nitrogens is 2. The predicted molar refractivity (Wildman–Crippen MR) is 112 cm³/mol. The molecule has 12 heteroatoms. The maximum Gasteiger partial charge on any atom is 0.322 e. The smallest absolute Gasteiger partial charge is 0.322 e. The maximum atomic E-state index is 13.5. The molecule has 2 aliphatic rings. The molecule has 176 valence electrons. The highest BCUT2D eigenvalue weighted by Gasteiger charge is 2.39. The van der Waals surface area contributed by atoms with Crippen LogP contribution in [0.2, 0.25) is 0 Å². The number of amides is 4. The third kappa shape index (κ3) is 4.12. The Hall–Kier alpha value is -3.57. The molecule has 2 aromatic rings. The summed E-state index contributed by atoms with van der Waals surface area (Å²) >= 11 is 0. The summed E-state index contributed by atoms with van der Waals surface area (Å²) < 4.78 is 41.9. The van der Waals surface area contributed by atoms with Gasteiger partial charge in [0.1, 0.15) is 0 Å². The van der Waals surface area contributed by atoms with Crippen LogP contribution in [-0.4, -0.2) is 64.1 Å². The van der Waals surface area contributed by atoms with Gasteiger partial charge in [0.25, 0.3) is 0 Å². The van der Waals surface area contributed by atoms with Crippen molar-refractivity contribution in [1.82, 2.24) is 19.6 Å². The Morgan fingerprint density at radius 3 is 2.45 bits per heavy atom. The van der Waals surface area contributed by atoms with Gasteiger partial charge >= 0.3 is 6.03 Å². The number of rotatable bonds is 3. The van der Waals surface area contributed by atoms with E-state index in [1.54, 1.807) is 25.7 Å². The number of nitrogens with one attached hydrogen (secondary N) is 1. The first kappa shape index (κ1) is 22.6. The summed E-state index contributed by atoms with van der Waals surface area (Å²) in [7, 11) is 3.27. The zero-order valence-electron chi connectivity index (χ0n) is 18.3. The van der Waals surface area contributed by atoms with Crippen LogP contribution >= 0.6 is 0 Å². The van der Waals surface area contributed by atoms with Crippen molar-refractivity contribution >= 4 is 29.2 Å². The SMILES string of the molecule is C[C@H]1Cn2ncc(N3CC(C(=O)N(C)C)CC3=O)c2CN1C(=O)Nc1cc(F)c(F)c(F)c1. The lowest BCUT2D eigenvalue weighted by molar-refractivity contribution is -0.133. The van der Waals surface area contributed by atoms with Gasteiger partial charge in [-0.3, -0.25) is 14.3 Å². The monoisotopic (exact) mass is 464 g/mol. The first-order valence-corrected chi connectivity index (χ1v) is 10.3. The fourth-order valence-corrected chi connectivity index (χ4v) is 4.18. The lowest BCUT2D eigenvalue weighted by atomic mass is 10.1. The number of carbonyl (C=O) groups is 3. The van der Waals surface area contributed by atoms with E-state index >= 15 is 0 Å². The molecule has 1 aromatic heterocycles. The highest BCUT2D eigenvalue weighted by molar-refractivity contribution is 6.00. The van der Waals surface area contributed by atoms with Crippen molar-refractivity contribution in [3.63, 3.8) is 0 Å². The van der Waals surface area contributed by atoms with Gasteiger partial charge in [0.2, 0.25) is 11.8 Å². The van der Waals surface area contributed by atoms with Crippen LogP contribution in [0.5, 0.6) is 0 Å². The number of benzene rings is 1. The molecule has 4 rings (SSSR count). The largest absolute Gasteiger partial charge is 0.349 e. The molecule has 1 N–H and O–H groups in total. The van der Waals surface area contributed by atoms with Crippen molar-refractivity contribution < 1.29 is 27.6 Å². The summed E-state index contributed by atoms with van der Waals surface area (Å²) in [5.41, 5.74) is 0.895. The van der Waals surface area contributed by atoms with Crippen LogP contribution in [0, 0.1) is 23.4 Å². The molecule has 0 spiro atoms. The molecule has 1 unspecified atom stereocenters. The van der Waals surface area contributed by atoms with Crippen molar-refractivity contribution in [1.29, 1.82) is 0 Å². The molecule has 2 atom stereocenters. The Morgan fingerprint density at radius 2 is 1.82 bits per heavy atom. The van der Waals surface area contributed by atoms with Crippen LogP contribution in [0.3, 0.4) is 0 Å². The van der Waals surface area contributed by atoms with E-state index in [9.17, 15) is 27.6 Å². The summed E-state index contributed by atoms with van der Waals surface area (Å²) in [6, 6.07) is 0.439. The molecular weight excluding hydrogens is 441 g/mol. The van der Waals surface area contributed by atoms with Crippen LogP contribution < -0.4 is 10.2 Å². The zero-order chi connectivity index (χ0) is 24.0. The highest BCUT2D eigenvalue weighted by Crippen LogP contribution is 2.32. The molecule has 0 radical (unpaired) electrons. The topological polar surface area (TPSA) is 90.8 Å². The fraction of sp³-hybridized carbons (Fsp3) is 0.429. The van der Waals surface area contributed by atoms with Gasteiger partial charge in [0.15, 0.2) is 17.5 Å². The van der Waals surface area contributed by atoms with Gasteiger partial charge in [-0.25, -0.2) is 18.0 Å². The number of urea groups is 1. The molecule has 33 heavy (non-hydrogen) atoms. The average Bonchev–Trinajstić information content (AvgIpc) is 3.33. The molecule has 0 saturated carbocycles. The van der Waals surface area contributed by atoms with E-state index in [2.05, 4.69) is 10.4 Å². The molecule has 1 fully saturated rings. The van der Waals surface area contributed by atoms with E-state index in [1.807, 2.05) is 0 Å². The molecule has 1 saturated heterocycles. The Morgan fingerprint density at radius 1 is 1.15 bits per heavy atom. The minimum absolute atomic E-state index is 0.0740. The molecule has 0 bridgehead atoms. The van der Waals surface area contributed by atoms with Crippen molar-refractivity contribution in [3.8, 4) is 0 Å². The van der Waals surface area contributed by atoms with Crippen molar-refractivity contribution in [3.05, 3.63) is 41.5 Å². The number of fused-ring (bicyclic) bond motifs is 1. The lowest BCUT2D eigenvalue weighted by Crippen LogP contribution is -2.47.